The van der Waals surface area contributed by atoms with Crippen LogP contribution < -0.4 is 0 Å². The molecule has 0 aliphatic carbocycles. The van der Waals surface area contributed by atoms with Gasteiger partial charge >= 0.3 is 5.97 Å². The van der Waals surface area contributed by atoms with E-state index in [1.54, 1.807) is 18.2 Å². The van der Waals surface area contributed by atoms with E-state index in [2.05, 4.69) is 25.7 Å². The second-order valence-corrected chi connectivity index (χ2v) is 5.43. The van der Waals surface area contributed by atoms with E-state index in [0.29, 0.717) is 14.4 Å². The predicted molar refractivity (Wildman–Crippen MR) is 66.5 cm³/mol. The van der Waals surface area contributed by atoms with E-state index >= 15 is 0 Å². The maximum Gasteiger partial charge on any atom is 0.358 e. The second kappa shape index (κ2) is 4.93. The van der Waals surface area contributed by atoms with Gasteiger partial charge in [-0.15, -0.1) is 11.3 Å². The Morgan fingerprint density at radius 3 is 2.82 bits per heavy atom. The van der Waals surface area contributed by atoms with Crippen molar-refractivity contribution in [1.29, 1.82) is 0 Å². The summed E-state index contributed by atoms with van der Waals surface area (Å²) in [6, 6.07) is 6.28. The molecule has 0 bridgehead atoms. The number of ether oxygens (including phenoxy) is 1. The SMILES string of the molecule is COC(=O)c1nc(-c2ccccc2F)sc1Br. The fraction of sp³-hybridized carbons (Fsp3) is 0.0909. The first-order valence-electron chi connectivity index (χ1n) is 4.63. The highest BCUT2D eigenvalue weighted by Crippen LogP contribution is 2.33. The van der Waals surface area contributed by atoms with Gasteiger partial charge in [-0.05, 0) is 28.1 Å². The number of nitrogens with zero attached hydrogens (tertiary/aromatic N) is 1. The maximum atomic E-state index is 13.5. The van der Waals surface area contributed by atoms with Crippen LogP contribution >= 0.6 is 27.3 Å². The van der Waals surface area contributed by atoms with Crippen LogP contribution in [0.1, 0.15) is 10.5 Å². The molecule has 0 N–H and O–H groups in total. The molecule has 0 saturated carbocycles. The monoisotopic (exact) mass is 315 g/mol. The van der Waals surface area contributed by atoms with E-state index in [9.17, 15) is 9.18 Å². The molecular formula is C11H7BrFNO2S. The molecule has 1 aromatic heterocycles. The van der Waals surface area contributed by atoms with Gasteiger partial charge in [0.25, 0.3) is 0 Å². The van der Waals surface area contributed by atoms with Crippen molar-refractivity contribution >= 4 is 33.2 Å². The number of rotatable bonds is 2. The lowest BCUT2D eigenvalue weighted by atomic mass is 10.2. The zero-order valence-electron chi connectivity index (χ0n) is 8.74. The van der Waals surface area contributed by atoms with Crippen LogP contribution in [0.2, 0.25) is 0 Å². The lowest BCUT2D eigenvalue weighted by Crippen LogP contribution is -2.02. The standard InChI is InChI=1S/C11H7BrFNO2S/c1-16-11(15)8-9(12)17-10(14-8)6-4-2-3-5-7(6)13/h2-5H,1H3. The predicted octanol–water partition coefficient (Wildman–Crippen LogP) is 3.50. The minimum Gasteiger partial charge on any atom is -0.464 e. The fourth-order valence-electron chi connectivity index (χ4n) is 1.27. The first-order chi connectivity index (χ1) is 8.13. The molecule has 1 heterocycles. The third kappa shape index (κ3) is 2.37. The normalized spacial score (nSPS) is 10.3. The minimum atomic E-state index is -0.546. The van der Waals surface area contributed by atoms with E-state index in [1.807, 2.05) is 0 Å². The topological polar surface area (TPSA) is 39.2 Å². The molecule has 88 valence electrons. The van der Waals surface area contributed by atoms with Crippen LogP contribution in [0, 0.1) is 5.82 Å². The molecule has 0 saturated heterocycles. The highest BCUT2D eigenvalue weighted by molar-refractivity contribution is 9.11. The first kappa shape index (κ1) is 12.2. The lowest BCUT2D eigenvalue weighted by molar-refractivity contribution is 0.0594. The van der Waals surface area contributed by atoms with Crippen LogP contribution in [0.15, 0.2) is 28.1 Å². The summed E-state index contributed by atoms with van der Waals surface area (Å²) in [5.74, 6) is -0.916. The molecule has 3 nitrogen and oxygen atoms in total. The van der Waals surface area contributed by atoms with Gasteiger partial charge in [0.1, 0.15) is 14.6 Å². The van der Waals surface area contributed by atoms with Crippen molar-refractivity contribution in [2.24, 2.45) is 0 Å². The van der Waals surface area contributed by atoms with Gasteiger partial charge in [-0.3, -0.25) is 0 Å². The molecule has 0 aliphatic rings. The Bertz CT molecular complexity index is 570. The number of carbonyl (C=O) groups excluding carboxylic acids is 1. The van der Waals surface area contributed by atoms with Gasteiger partial charge < -0.3 is 4.74 Å². The smallest absolute Gasteiger partial charge is 0.358 e. The van der Waals surface area contributed by atoms with Crippen LogP contribution in [0.4, 0.5) is 4.39 Å². The molecule has 0 amide bonds. The van der Waals surface area contributed by atoms with Gasteiger partial charge in [0.05, 0.1) is 7.11 Å². The number of methoxy groups -OCH3 is 1. The van der Waals surface area contributed by atoms with Gasteiger partial charge in [0.2, 0.25) is 0 Å². The van der Waals surface area contributed by atoms with Crippen LogP contribution in [0.5, 0.6) is 0 Å². The third-order valence-electron chi connectivity index (χ3n) is 2.07. The summed E-state index contributed by atoms with van der Waals surface area (Å²) in [5, 5.41) is 0.440. The quantitative estimate of drug-likeness (QED) is 0.796. The van der Waals surface area contributed by atoms with Crippen LogP contribution in [-0.4, -0.2) is 18.1 Å². The van der Waals surface area contributed by atoms with E-state index in [4.69, 9.17) is 0 Å². The van der Waals surface area contributed by atoms with Gasteiger partial charge in [-0.2, -0.15) is 0 Å². The van der Waals surface area contributed by atoms with Crippen molar-refractivity contribution < 1.29 is 13.9 Å². The first-order valence-corrected chi connectivity index (χ1v) is 6.24. The number of halogens is 2. The van der Waals surface area contributed by atoms with Crippen molar-refractivity contribution in [3.63, 3.8) is 0 Å². The van der Waals surface area contributed by atoms with Gasteiger partial charge in [0.15, 0.2) is 5.69 Å². The number of hydrogen-bond donors (Lipinski definition) is 0. The fourth-order valence-corrected chi connectivity index (χ4v) is 2.79. The Morgan fingerprint density at radius 1 is 1.47 bits per heavy atom. The molecule has 0 radical (unpaired) electrons. The summed E-state index contributed by atoms with van der Waals surface area (Å²) in [7, 11) is 1.27. The number of aromatic nitrogens is 1. The van der Waals surface area contributed by atoms with Crippen molar-refractivity contribution in [2.75, 3.05) is 7.11 Å². The number of esters is 1. The molecule has 0 atom stereocenters. The largest absolute Gasteiger partial charge is 0.464 e. The van der Waals surface area contributed by atoms with Crippen molar-refractivity contribution in [1.82, 2.24) is 4.98 Å². The Labute approximate surface area is 109 Å². The van der Waals surface area contributed by atoms with Gasteiger partial charge in [0, 0.05) is 5.56 Å². The molecule has 0 unspecified atom stereocenters. The number of carbonyl (C=O) groups is 1. The Morgan fingerprint density at radius 2 is 2.18 bits per heavy atom. The molecule has 6 heteroatoms. The van der Waals surface area contributed by atoms with Crippen LogP contribution in [0.25, 0.3) is 10.6 Å². The van der Waals surface area contributed by atoms with Gasteiger partial charge in [-0.1, -0.05) is 12.1 Å². The summed E-state index contributed by atoms with van der Waals surface area (Å²) in [5.41, 5.74) is 0.532. The molecule has 0 fully saturated rings. The summed E-state index contributed by atoms with van der Waals surface area (Å²) in [6.45, 7) is 0. The Balaban J connectivity index is 2.49. The average molecular weight is 316 g/mol. The van der Waals surface area contributed by atoms with Crippen LogP contribution in [0.3, 0.4) is 0 Å². The summed E-state index contributed by atoms with van der Waals surface area (Å²) in [6.07, 6.45) is 0. The zero-order valence-corrected chi connectivity index (χ0v) is 11.1. The molecule has 17 heavy (non-hydrogen) atoms. The number of thiazole rings is 1. The van der Waals surface area contributed by atoms with Gasteiger partial charge in [-0.25, -0.2) is 14.2 Å². The van der Waals surface area contributed by atoms with Crippen molar-refractivity contribution in [3.8, 4) is 10.6 Å². The maximum absolute atomic E-state index is 13.5. The Kier molecular flexibility index (Phi) is 3.54. The second-order valence-electron chi connectivity index (χ2n) is 3.11. The lowest BCUT2D eigenvalue weighted by Gasteiger charge is -1.97. The Hall–Kier alpha value is -1.27. The van der Waals surface area contributed by atoms with E-state index in [-0.39, 0.29) is 11.5 Å². The summed E-state index contributed by atoms with van der Waals surface area (Å²) >= 11 is 4.40. The zero-order chi connectivity index (χ0) is 12.4. The van der Waals surface area contributed by atoms with Crippen molar-refractivity contribution in [3.05, 3.63) is 39.6 Å². The van der Waals surface area contributed by atoms with E-state index < -0.39 is 5.97 Å². The molecule has 2 aromatic rings. The van der Waals surface area contributed by atoms with Crippen molar-refractivity contribution in [2.45, 2.75) is 0 Å². The molecule has 0 spiro atoms. The number of benzene rings is 1. The molecular weight excluding hydrogens is 309 g/mol. The molecule has 2 rings (SSSR count). The van der Waals surface area contributed by atoms with E-state index in [0.717, 1.165) is 0 Å². The average Bonchev–Trinajstić information content (AvgIpc) is 2.71. The van der Waals surface area contributed by atoms with Crippen LogP contribution in [-0.2, 0) is 4.74 Å². The summed E-state index contributed by atoms with van der Waals surface area (Å²) < 4.78 is 18.6. The minimum absolute atomic E-state index is 0.163. The third-order valence-corrected chi connectivity index (χ3v) is 3.81. The molecule has 0 aliphatic heterocycles. The summed E-state index contributed by atoms with van der Waals surface area (Å²) in [4.78, 5) is 15.4. The number of hydrogen-bond acceptors (Lipinski definition) is 4. The van der Waals surface area contributed by atoms with E-state index in [1.165, 1.54) is 24.5 Å². The molecule has 1 aromatic carbocycles. The highest BCUT2D eigenvalue weighted by atomic mass is 79.9. The highest BCUT2D eigenvalue weighted by Gasteiger charge is 2.19.